The molecular weight excluding hydrogens is 314 g/mol. The molecule has 0 radical (unpaired) electrons. The topological polar surface area (TPSA) is 56.1 Å². The summed E-state index contributed by atoms with van der Waals surface area (Å²) in [6.07, 6.45) is 1.22. The van der Waals surface area contributed by atoms with Gasteiger partial charge in [-0.1, -0.05) is 42.5 Å². The summed E-state index contributed by atoms with van der Waals surface area (Å²) in [4.78, 5) is 16.8. The highest BCUT2D eigenvalue weighted by Crippen LogP contribution is 2.16. The second-order valence-corrected chi connectivity index (χ2v) is 5.92. The summed E-state index contributed by atoms with van der Waals surface area (Å²) in [5.74, 6) is 0.889. The Kier molecular flexibility index (Phi) is 5.80. The predicted octanol–water partition coefficient (Wildman–Crippen LogP) is 2.93. The van der Waals surface area contributed by atoms with Crippen LogP contribution < -0.4 is 5.32 Å². The number of aryl methyl sites for hydroxylation is 1. The van der Waals surface area contributed by atoms with Crippen LogP contribution in [0.15, 0.2) is 54.6 Å². The number of rotatable bonds is 8. The molecular formula is C20H23N3O2. The molecule has 0 saturated heterocycles. The number of carbonyl (C=O) groups is 1. The molecule has 25 heavy (non-hydrogen) atoms. The summed E-state index contributed by atoms with van der Waals surface area (Å²) in [6.45, 7) is 1.74. The van der Waals surface area contributed by atoms with Gasteiger partial charge in [-0.2, -0.15) is 0 Å². The molecule has 0 aliphatic carbocycles. The molecule has 0 saturated carbocycles. The number of nitrogens with one attached hydrogen (secondary N) is 1. The number of hydrogen-bond donors (Lipinski definition) is 1. The molecule has 2 aromatic carbocycles. The Hall–Kier alpha value is -2.66. The molecule has 3 aromatic rings. The highest BCUT2D eigenvalue weighted by atomic mass is 16.5. The van der Waals surface area contributed by atoms with E-state index < -0.39 is 0 Å². The molecule has 0 fully saturated rings. The van der Waals surface area contributed by atoms with Crippen LogP contribution in [0.2, 0.25) is 0 Å². The minimum Gasteiger partial charge on any atom is -0.383 e. The highest BCUT2D eigenvalue weighted by molar-refractivity contribution is 5.77. The van der Waals surface area contributed by atoms with Crippen molar-refractivity contribution in [2.75, 3.05) is 13.7 Å². The van der Waals surface area contributed by atoms with E-state index in [0.29, 0.717) is 26.1 Å². The Balaban J connectivity index is 1.62. The lowest BCUT2D eigenvalue weighted by Crippen LogP contribution is -2.25. The second kappa shape index (κ2) is 8.44. The zero-order chi connectivity index (χ0) is 17.5. The molecule has 1 aromatic heterocycles. The van der Waals surface area contributed by atoms with E-state index >= 15 is 0 Å². The SMILES string of the molecule is COCCn1c(CNC(=O)CCc2ccccc2)nc2ccccc21. The van der Waals surface area contributed by atoms with Crippen molar-refractivity contribution in [2.24, 2.45) is 0 Å². The second-order valence-electron chi connectivity index (χ2n) is 5.92. The normalized spacial score (nSPS) is 10.9. The average Bonchev–Trinajstić information content (AvgIpc) is 3.01. The Labute approximate surface area is 147 Å². The van der Waals surface area contributed by atoms with Crippen LogP contribution in [0.25, 0.3) is 11.0 Å². The van der Waals surface area contributed by atoms with Gasteiger partial charge in [-0.3, -0.25) is 4.79 Å². The van der Waals surface area contributed by atoms with Crippen LogP contribution in [0, 0.1) is 0 Å². The molecule has 5 heteroatoms. The summed E-state index contributed by atoms with van der Waals surface area (Å²) in [6, 6.07) is 18.0. The van der Waals surface area contributed by atoms with Crippen LogP contribution in [-0.2, 0) is 29.0 Å². The van der Waals surface area contributed by atoms with Gasteiger partial charge in [0.05, 0.1) is 24.2 Å². The predicted molar refractivity (Wildman–Crippen MR) is 98.2 cm³/mol. The fourth-order valence-corrected chi connectivity index (χ4v) is 2.86. The minimum atomic E-state index is 0.0363. The average molecular weight is 337 g/mol. The first kappa shape index (κ1) is 17.2. The third-order valence-electron chi connectivity index (χ3n) is 4.18. The molecule has 0 unspecified atom stereocenters. The molecule has 0 atom stereocenters. The van der Waals surface area contributed by atoms with E-state index in [9.17, 15) is 4.79 Å². The first-order valence-corrected chi connectivity index (χ1v) is 8.51. The largest absolute Gasteiger partial charge is 0.383 e. The van der Waals surface area contributed by atoms with E-state index in [1.807, 2.05) is 54.6 Å². The Bertz CT molecular complexity index is 827. The van der Waals surface area contributed by atoms with Crippen LogP contribution in [-0.4, -0.2) is 29.2 Å². The maximum atomic E-state index is 12.2. The molecule has 1 heterocycles. The van der Waals surface area contributed by atoms with Crippen molar-refractivity contribution in [3.8, 4) is 0 Å². The number of hydrogen-bond acceptors (Lipinski definition) is 3. The number of fused-ring (bicyclic) bond motifs is 1. The summed E-state index contributed by atoms with van der Waals surface area (Å²) in [5.41, 5.74) is 3.17. The van der Waals surface area contributed by atoms with Crippen LogP contribution >= 0.6 is 0 Å². The number of amides is 1. The van der Waals surface area contributed by atoms with E-state index in [1.165, 1.54) is 5.56 Å². The molecule has 1 amide bonds. The number of para-hydroxylation sites is 2. The van der Waals surface area contributed by atoms with Gasteiger partial charge in [-0.15, -0.1) is 0 Å². The van der Waals surface area contributed by atoms with Crippen LogP contribution in [0.4, 0.5) is 0 Å². The third kappa shape index (κ3) is 4.45. The van der Waals surface area contributed by atoms with Crippen molar-refractivity contribution in [1.29, 1.82) is 0 Å². The van der Waals surface area contributed by atoms with E-state index in [1.54, 1.807) is 7.11 Å². The van der Waals surface area contributed by atoms with E-state index in [4.69, 9.17) is 4.74 Å². The first-order valence-electron chi connectivity index (χ1n) is 8.51. The summed E-state index contributed by atoms with van der Waals surface area (Å²) >= 11 is 0. The van der Waals surface area contributed by atoms with Crippen molar-refractivity contribution < 1.29 is 9.53 Å². The summed E-state index contributed by atoms with van der Waals surface area (Å²) in [7, 11) is 1.68. The third-order valence-corrected chi connectivity index (χ3v) is 4.18. The molecule has 3 rings (SSSR count). The Morgan fingerprint density at radius 2 is 1.88 bits per heavy atom. The van der Waals surface area contributed by atoms with Gasteiger partial charge < -0.3 is 14.6 Å². The van der Waals surface area contributed by atoms with Crippen molar-refractivity contribution in [3.05, 3.63) is 66.0 Å². The van der Waals surface area contributed by atoms with E-state index in [2.05, 4.69) is 14.9 Å². The van der Waals surface area contributed by atoms with Gasteiger partial charge in [0.25, 0.3) is 0 Å². The summed E-state index contributed by atoms with van der Waals surface area (Å²) in [5, 5.41) is 2.98. The lowest BCUT2D eigenvalue weighted by molar-refractivity contribution is -0.121. The quantitative estimate of drug-likeness (QED) is 0.687. The smallest absolute Gasteiger partial charge is 0.220 e. The standard InChI is InChI=1S/C20H23N3O2/c1-25-14-13-23-18-10-6-5-9-17(18)22-19(23)15-21-20(24)12-11-16-7-3-2-4-8-16/h2-10H,11-15H2,1H3,(H,21,24). The molecule has 0 aliphatic heterocycles. The molecule has 0 spiro atoms. The number of imidazole rings is 1. The number of benzene rings is 2. The number of ether oxygens (including phenoxy) is 1. The maximum Gasteiger partial charge on any atom is 0.220 e. The number of nitrogens with zero attached hydrogens (tertiary/aromatic N) is 2. The molecule has 0 aliphatic rings. The van der Waals surface area contributed by atoms with E-state index in [0.717, 1.165) is 23.3 Å². The van der Waals surface area contributed by atoms with Gasteiger partial charge >= 0.3 is 0 Å². The maximum absolute atomic E-state index is 12.2. The zero-order valence-corrected chi connectivity index (χ0v) is 14.4. The number of carbonyl (C=O) groups excluding carboxylic acids is 1. The first-order chi connectivity index (χ1) is 12.3. The van der Waals surface area contributed by atoms with Crippen LogP contribution in [0.1, 0.15) is 17.8 Å². The van der Waals surface area contributed by atoms with Gasteiger partial charge in [0.15, 0.2) is 0 Å². The monoisotopic (exact) mass is 337 g/mol. The zero-order valence-electron chi connectivity index (χ0n) is 14.4. The fraction of sp³-hybridized carbons (Fsp3) is 0.300. The van der Waals surface area contributed by atoms with Crippen LogP contribution in [0.5, 0.6) is 0 Å². The lowest BCUT2D eigenvalue weighted by atomic mass is 10.1. The van der Waals surface area contributed by atoms with Gasteiger partial charge in [-0.05, 0) is 24.1 Å². The Morgan fingerprint density at radius 1 is 1.12 bits per heavy atom. The van der Waals surface area contributed by atoms with Crippen molar-refractivity contribution in [3.63, 3.8) is 0 Å². The number of methoxy groups -OCH3 is 1. The van der Waals surface area contributed by atoms with Gasteiger partial charge in [0, 0.05) is 20.1 Å². The van der Waals surface area contributed by atoms with Crippen LogP contribution in [0.3, 0.4) is 0 Å². The van der Waals surface area contributed by atoms with Crippen molar-refractivity contribution >= 4 is 16.9 Å². The fourth-order valence-electron chi connectivity index (χ4n) is 2.86. The Morgan fingerprint density at radius 3 is 2.68 bits per heavy atom. The van der Waals surface area contributed by atoms with Crippen molar-refractivity contribution in [1.82, 2.24) is 14.9 Å². The minimum absolute atomic E-state index is 0.0363. The van der Waals surface area contributed by atoms with Crippen molar-refractivity contribution in [2.45, 2.75) is 25.9 Å². The molecule has 0 bridgehead atoms. The molecule has 5 nitrogen and oxygen atoms in total. The molecule has 1 N–H and O–H groups in total. The summed E-state index contributed by atoms with van der Waals surface area (Å²) < 4.78 is 7.30. The van der Waals surface area contributed by atoms with Gasteiger partial charge in [-0.25, -0.2) is 4.98 Å². The highest BCUT2D eigenvalue weighted by Gasteiger charge is 2.11. The lowest BCUT2D eigenvalue weighted by Gasteiger charge is -2.10. The van der Waals surface area contributed by atoms with Gasteiger partial charge in [0.2, 0.25) is 5.91 Å². The molecule has 130 valence electrons. The van der Waals surface area contributed by atoms with Gasteiger partial charge in [0.1, 0.15) is 5.82 Å². The van der Waals surface area contributed by atoms with E-state index in [-0.39, 0.29) is 5.91 Å². The number of aromatic nitrogens is 2.